The van der Waals surface area contributed by atoms with Gasteiger partial charge < -0.3 is 10.4 Å². The van der Waals surface area contributed by atoms with Crippen molar-refractivity contribution in [3.63, 3.8) is 0 Å². The van der Waals surface area contributed by atoms with E-state index < -0.39 is 0 Å². The van der Waals surface area contributed by atoms with Crippen LogP contribution in [0, 0.1) is 5.92 Å². The van der Waals surface area contributed by atoms with Crippen molar-refractivity contribution in [2.45, 2.75) is 18.9 Å². The Morgan fingerprint density at radius 3 is 2.80 bits per heavy atom. The van der Waals surface area contributed by atoms with Gasteiger partial charge in [0.2, 0.25) is 0 Å². The SMILES string of the molecule is O=C(NCC1CC(O)C1)c1cnn(-c2ccccc2)n1. The summed E-state index contributed by atoms with van der Waals surface area (Å²) < 4.78 is 0. The average Bonchev–Trinajstić information content (AvgIpc) is 2.93. The molecule has 1 amide bonds. The monoisotopic (exact) mass is 272 g/mol. The standard InChI is InChI=1S/C14H16N4O2/c19-12-6-10(7-12)8-15-14(20)13-9-16-18(17-13)11-4-2-1-3-5-11/h1-5,9-10,12,19H,6-8H2,(H,15,20). The molecular formula is C14H16N4O2. The van der Waals surface area contributed by atoms with Crippen molar-refractivity contribution < 1.29 is 9.90 Å². The lowest BCUT2D eigenvalue weighted by molar-refractivity contribution is 0.0419. The van der Waals surface area contributed by atoms with Gasteiger partial charge in [-0.05, 0) is 30.9 Å². The number of aliphatic hydroxyl groups is 1. The molecule has 2 aromatic rings. The molecule has 0 unspecified atom stereocenters. The highest BCUT2D eigenvalue weighted by Gasteiger charge is 2.27. The second-order valence-electron chi connectivity index (χ2n) is 5.06. The van der Waals surface area contributed by atoms with Crippen LogP contribution in [0.15, 0.2) is 36.5 Å². The van der Waals surface area contributed by atoms with Crippen molar-refractivity contribution in [1.82, 2.24) is 20.3 Å². The molecule has 1 fully saturated rings. The van der Waals surface area contributed by atoms with Gasteiger partial charge in [-0.3, -0.25) is 4.79 Å². The molecule has 6 nitrogen and oxygen atoms in total. The maximum atomic E-state index is 11.9. The molecule has 104 valence electrons. The fourth-order valence-corrected chi connectivity index (χ4v) is 2.25. The summed E-state index contributed by atoms with van der Waals surface area (Å²) in [5, 5.41) is 20.3. The van der Waals surface area contributed by atoms with Crippen LogP contribution in [0.1, 0.15) is 23.3 Å². The number of para-hydroxylation sites is 1. The summed E-state index contributed by atoms with van der Waals surface area (Å²) in [7, 11) is 0. The minimum Gasteiger partial charge on any atom is -0.393 e. The predicted molar refractivity (Wildman–Crippen MR) is 72.4 cm³/mol. The molecule has 1 aliphatic rings. The van der Waals surface area contributed by atoms with Crippen molar-refractivity contribution in [3.8, 4) is 5.69 Å². The van der Waals surface area contributed by atoms with Crippen LogP contribution >= 0.6 is 0 Å². The number of aliphatic hydroxyl groups excluding tert-OH is 1. The minimum absolute atomic E-state index is 0.198. The molecule has 0 spiro atoms. The van der Waals surface area contributed by atoms with Crippen LogP contribution in [-0.4, -0.2) is 38.7 Å². The number of amides is 1. The summed E-state index contributed by atoms with van der Waals surface area (Å²) in [4.78, 5) is 13.4. The van der Waals surface area contributed by atoms with E-state index in [9.17, 15) is 9.90 Å². The molecule has 1 aliphatic carbocycles. The predicted octanol–water partition coefficient (Wildman–Crippen LogP) is 0.768. The van der Waals surface area contributed by atoms with E-state index in [2.05, 4.69) is 15.5 Å². The Kier molecular flexibility index (Phi) is 3.47. The largest absolute Gasteiger partial charge is 0.393 e. The molecule has 0 radical (unpaired) electrons. The second kappa shape index (κ2) is 5.42. The summed E-state index contributed by atoms with van der Waals surface area (Å²) in [6.07, 6.45) is 2.78. The number of carbonyl (C=O) groups is 1. The first kappa shape index (κ1) is 12.8. The van der Waals surface area contributed by atoms with Gasteiger partial charge in [-0.2, -0.15) is 9.90 Å². The molecule has 0 atom stereocenters. The van der Waals surface area contributed by atoms with Crippen LogP contribution in [0.4, 0.5) is 0 Å². The fraction of sp³-hybridized carbons (Fsp3) is 0.357. The topological polar surface area (TPSA) is 80.0 Å². The Hall–Kier alpha value is -2.21. The van der Waals surface area contributed by atoms with E-state index in [1.807, 2.05) is 30.3 Å². The van der Waals surface area contributed by atoms with Crippen molar-refractivity contribution in [1.29, 1.82) is 0 Å². The van der Waals surface area contributed by atoms with Gasteiger partial charge in [0.05, 0.1) is 18.0 Å². The van der Waals surface area contributed by atoms with Gasteiger partial charge in [0, 0.05) is 6.54 Å². The molecule has 0 saturated heterocycles. The van der Waals surface area contributed by atoms with E-state index in [-0.39, 0.29) is 12.0 Å². The zero-order valence-corrected chi connectivity index (χ0v) is 10.9. The van der Waals surface area contributed by atoms with Gasteiger partial charge in [-0.15, -0.1) is 5.10 Å². The molecule has 1 heterocycles. The quantitative estimate of drug-likeness (QED) is 0.861. The van der Waals surface area contributed by atoms with Crippen LogP contribution in [0.2, 0.25) is 0 Å². The zero-order valence-electron chi connectivity index (χ0n) is 10.9. The number of rotatable bonds is 4. The fourth-order valence-electron chi connectivity index (χ4n) is 2.25. The molecule has 0 aliphatic heterocycles. The van der Waals surface area contributed by atoms with Crippen LogP contribution in [0.5, 0.6) is 0 Å². The number of nitrogens with one attached hydrogen (secondary N) is 1. The van der Waals surface area contributed by atoms with Crippen molar-refractivity contribution in [2.24, 2.45) is 5.92 Å². The van der Waals surface area contributed by atoms with Crippen molar-refractivity contribution >= 4 is 5.91 Å². The summed E-state index contributed by atoms with van der Waals surface area (Å²) in [5.74, 6) is 0.145. The van der Waals surface area contributed by atoms with Crippen molar-refractivity contribution in [2.75, 3.05) is 6.54 Å². The third-order valence-electron chi connectivity index (χ3n) is 3.47. The molecule has 20 heavy (non-hydrogen) atoms. The lowest BCUT2D eigenvalue weighted by Crippen LogP contribution is -2.38. The van der Waals surface area contributed by atoms with E-state index in [4.69, 9.17) is 0 Å². The number of hydrogen-bond donors (Lipinski definition) is 2. The van der Waals surface area contributed by atoms with Gasteiger partial charge in [0.1, 0.15) is 0 Å². The average molecular weight is 272 g/mol. The van der Waals surface area contributed by atoms with E-state index >= 15 is 0 Å². The van der Waals surface area contributed by atoms with Crippen LogP contribution < -0.4 is 5.32 Å². The normalized spacial score (nSPS) is 21.2. The Bertz CT molecular complexity index is 590. The van der Waals surface area contributed by atoms with Gasteiger partial charge in [-0.1, -0.05) is 18.2 Å². The number of hydrogen-bond acceptors (Lipinski definition) is 4. The number of benzene rings is 1. The Labute approximate surface area is 116 Å². The van der Waals surface area contributed by atoms with Gasteiger partial charge >= 0.3 is 0 Å². The Morgan fingerprint density at radius 1 is 1.35 bits per heavy atom. The van der Waals surface area contributed by atoms with Gasteiger partial charge in [-0.25, -0.2) is 0 Å². The maximum Gasteiger partial charge on any atom is 0.273 e. The lowest BCUT2D eigenvalue weighted by atomic mass is 9.82. The molecular weight excluding hydrogens is 256 g/mol. The third-order valence-corrected chi connectivity index (χ3v) is 3.47. The number of aromatic nitrogens is 3. The lowest BCUT2D eigenvalue weighted by Gasteiger charge is -2.31. The molecule has 3 rings (SSSR count). The first-order valence-electron chi connectivity index (χ1n) is 6.66. The molecule has 2 N–H and O–H groups in total. The maximum absolute atomic E-state index is 11.9. The summed E-state index contributed by atoms with van der Waals surface area (Å²) >= 11 is 0. The summed E-state index contributed by atoms with van der Waals surface area (Å²) in [6, 6.07) is 9.43. The van der Waals surface area contributed by atoms with E-state index in [0.717, 1.165) is 18.5 Å². The van der Waals surface area contributed by atoms with E-state index in [0.29, 0.717) is 18.2 Å². The highest BCUT2D eigenvalue weighted by molar-refractivity contribution is 5.91. The summed E-state index contributed by atoms with van der Waals surface area (Å²) in [5.41, 5.74) is 1.11. The van der Waals surface area contributed by atoms with Crippen LogP contribution in [-0.2, 0) is 0 Å². The van der Waals surface area contributed by atoms with Gasteiger partial charge in [0.25, 0.3) is 5.91 Å². The second-order valence-corrected chi connectivity index (χ2v) is 5.06. The summed E-state index contributed by atoms with van der Waals surface area (Å²) in [6.45, 7) is 0.577. The third kappa shape index (κ3) is 2.70. The van der Waals surface area contributed by atoms with E-state index in [1.165, 1.54) is 11.0 Å². The molecule has 1 aromatic carbocycles. The molecule has 1 saturated carbocycles. The number of nitrogens with zero attached hydrogens (tertiary/aromatic N) is 3. The first-order chi connectivity index (χ1) is 9.72. The number of carbonyl (C=O) groups excluding carboxylic acids is 1. The van der Waals surface area contributed by atoms with E-state index in [1.54, 1.807) is 0 Å². The van der Waals surface area contributed by atoms with Crippen LogP contribution in [0.25, 0.3) is 5.69 Å². The zero-order chi connectivity index (χ0) is 13.9. The van der Waals surface area contributed by atoms with Crippen LogP contribution in [0.3, 0.4) is 0 Å². The molecule has 1 aromatic heterocycles. The molecule has 6 heteroatoms. The smallest absolute Gasteiger partial charge is 0.273 e. The highest BCUT2D eigenvalue weighted by atomic mass is 16.3. The Morgan fingerprint density at radius 2 is 2.10 bits per heavy atom. The highest BCUT2D eigenvalue weighted by Crippen LogP contribution is 2.26. The first-order valence-corrected chi connectivity index (χ1v) is 6.66. The minimum atomic E-state index is -0.228. The Balaban J connectivity index is 1.60. The van der Waals surface area contributed by atoms with Gasteiger partial charge in [0.15, 0.2) is 5.69 Å². The molecule has 0 bridgehead atoms. The van der Waals surface area contributed by atoms with Crippen molar-refractivity contribution in [3.05, 3.63) is 42.2 Å².